The van der Waals surface area contributed by atoms with E-state index in [0.29, 0.717) is 22.6 Å². The first kappa shape index (κ1) is 13.4. The summed E-state index contributed by atoms with van der Waals surface area (Å²) in [6.07, 6.45) is -4.30. The van der Waals surface area contributed by atoms with Crippen molar-refractivity contribution in [3.63, 3.8) is 0 Å². The van der Waals surface area contributed by atoms with Crippen molar-refractivity contribution in [1.82, 2.24) is 0 Å². The zero-order valence-corrected chi connectivity index (χ0v) is 10.6. The third-order valence-corrected chi connectivity index (χ3v) is 2.69. The van der Waals surface area contributed by atoms with Gasteiger partial charge in [0.25, 0.3) is 0 Å². The first-order chi connectivity index (χ1) is 7.30. The highest BCUT2D eigenvalue weighted by Gasteiger charge is 2.30. The number of rotatable bonds is 3. The zero-order valence-electron chi connectivity index (χ0n) is 9.03. The molecule has 16 heavy (non-hydrogen) atoms. The van der Waals surface area contributed by atoms with Crippen LogP contribution in [0.25, 0.3) is 0 Å². The highest BCUT2D eigenvalue weighted by atomic mass is 79.9. The van der Waals surface area contributed by atoms with Crippen molar-refractivity contribution in [2.45, 2.75) is 20.0 Å². The molecule has 90 valence electrons. The van der Waals surface area contributed by atoms with Crippen LogP contribution in [0.2, 0.25) is 0 Å². The number of benzene rings is 1. The van der Waals surface area contributed by atoms with Gasteiger partial charge in [0.2, 0.25) is 0 Å². The predicted octanol–water partition coefficient (Wildman–Crippen LogP) is 4.54. The van der Waals surface area contributed by atoms with Gasteiger partial charge in [-0.1, -0.05) is 13.8 Å². The second kappa shape index (κ2) is 5.08. The van der Waals surface area contributed by atoms with E-state index in [-0.39, 0.29) is 0 Å². The molecule has 1 aromatic carbocycles. The summed E-state index contributed by atoms with van der Waals surface area (Å²) in [7, 11) is 0. The zero-order chi connectivity index (χ0) is 12.3. The Morgan fingerprint density at radius 1 is 1.31 bits per heavy atom. The molecule has 0 unspecified atom stereocenters. The summed E-state index contributed by atoms with van der Waals surface area (Å²) in [5, 5.41) is 2.98. The summed E-state index contributed by atoms with van der Waals surface area (Å²) in [5.74, 6) is 0.376. The van der Waals surface area contributed by atoms with E-state index in [4.69, 9.17) is 0 Å². The maximum atomic E-state index is 12.5. The first-order valence-corrected chi connectivity index (χ1v) is 5.70. The van der Waals surface area contributed by atoms with E-state index < -0.39 is 11.7 Å². The van der Waals surface area contributed by atoms with Gasteiger partial charge >= 0.3 is 6.18 Å². The highest BCUT2D eigenvalue weighted by molar-refractivity contribution is 9.10. The molecule has 1 rings (SSSR count). The summed E-state index contributed by atoms with van der Waals surface area (Å²) < 4.78 is 38.0. The van der Waals surface area contributed by atoms with Gasteiger partial charge in [-0.05, 0) is 40.0 Å². The molecule has 0 aliphatic heterocycles. The quantitative estimate of drug-likeness (QED) is 0.863. The maximum absolute atomic E-state index is 12.5. The molecule has 1 N–H and O–H groups in total. The van der Waals surface area contributed by atoms with Gasteiger partial charge in [0.05, 0.1) is 5.56 Å². The molecule has 1 aromatic rings. The molecule has 0 atom stereocenters. The van der Waals surface area contributed by atoms with E-state index in [1.165, 1.54) is 6.07 Å². The molecule has 0 saturated heterocycles. The Balaban J connectivity index is 2.91. The van der Waals surface area contributed by atoms with Gasteiger partial charge in [0, 0.05) is 16.7 Å². The van der Waals surface area contributed by atoms with Crippen molar-refractivity contribution in [2.75, 3.05) is 11.9 Å². The standard InChI is InChI=1S/C11H13BrF3N/c1-7(2)6-16-10-5-8(11(13,14)15)3-4-9(10)12/h3-5,7,16H,6H2,1-2H3. The molecule has 0 aliphatic rings. The molecule has 0 bridgehead atoms. The first-order valence-electron chi connectivity index (χ1n) is 4.91. The molecule has 1 nitrogen and oxygen atoms in total. The Morgan fingerprint density at radius 3 is 2.44 bits per heavy atom. The van der Waals surface area contributed by atoms with Crippen LogP contribution in [0.3, 0.4) is 0 Å². The van der Waals surface area contributed by atoms with Crippen LogP contribution in [0.5, 0.6) is 0 Å². The lowest BCUT2D eigenvalue weighted by Crippen LogP contribution is -2.10. The fourth-order valence-electron chi connectivity index (χ4n) is 1.15. The number of anilines is 1. The van der Waals surface area contributed by atoms with Crippen LogP contribution >= 0.6 is 15.9 Å². The summed E-state index contributed by atoms with van der Waals surface area (Å²) in [6.45, 7) is 4.63. The molecule has 0 aliphatic carbocycles. The Morgan fingerprint density at radius 2 is 1.94 bits per heavy atom. The highest BCUT2D eigenvalue weighted by Crippen LogP contribution is 2.33. The van der Waals surface area contributed by atoms with Gasteiger partial charge in [-0.15, -0.1) is 0 Å². The SMILES string of the molecule is CC(C)CNc1cc(C(F)(F)F)ccc1Br. The third kappa shape index (κ3) is 3.70. The fraction of sp³-hybridized carbons (Fsp3) is 0.455. The minimum Gasteiger partial charge on any atom is -0.384 e. The molecule has 0 radical (unpaired) electrons. The van der Waals surface area contributed by atoms with Crippen LogP contribution < -0.4 is 5.32 Å². The van der Waals surface area contributed by atoms with E-state index >= 15 is 0 Å². The minimum atomic E-state index is -4.30. The van der Waals surface area contributed by atoms with Crippen LogP contribution in [0.4, 0.5) is 18.9 Å². The molecule has 0 aromatic heterocycles. The third-order valence-electron chi connectivity index (χ3n) is 1.99. The molecular formula is C11H13BrF3N. The van der Waals surface area contributed by atoms with Crippen molar-refractivity contribution in [2.24, 2.45) is 5.92 Å². The minimum absolute atomic E-state index is 0.376. The van der Waals surface area contributed by atoms with Crippen molar-refractivity contribution in [3.8, 4) is 0 Å². The Hall–Kier alpha value is -0.710. The molecule has 0 fully saturated rings. The van der Waals surface area contributed by atoms with Gasteiger partial charge in [-0.3, -0.25) is 0 Å². The average molecular weight is 296 g/mol. The van der Waals surface area contributed by atoms with Gasteiger partial charge < -0.3 is 5.32 Å². The molecule has 0 heterocycles. The van der Waals surface area contributed by atoms with Gasteiger partial charge in [0.15, 0.2) is 0 Å². The number of nitrogens with one attached hydrogen (secondary N) is 1. The Kier molecular flexibility index (Phi) is 4.24. The summed E-state index contributed by atoms with van der Waals surface area (Å²) in [5.41, 5.74) is -0.162. The number of halogens is 4. The van der Waals surface area contributed by atoms with Gasteiger partial charge in [0.1, 0.15) is 0 Å². The molecule has 0 amide bonds. The second-order valence-corrected chi connectivity index (χ2v) is 4.82. The lowest BCUT2D eigenvalue weighted by atomic mass is 10.1. The van der Waals surface area contributed by atoms with E-state index in [2.05, 4.69) is 21.2 Å². The van der Waals surface area contributed by atoms with Crippen LogP contribution in [-0.4, -0.2) is 6.54 Å². The van der Waals surface area contributed by atoms with Crippen molar-refractivity contribution in [3.05, 3.63) is 28.2 Å². The normalized spacial score (nSPS) is 11.9. The van der Waals surface area contributed by atoms with E-state index in [1.807, 2.05) is 13.8 Å². The Labute approximate surface area is 101 Å². The lowest BCUT2D eigenvalue weighted by molar-refractivity contribution is -0.137. The van der Waals surface area contributed by atoms with E-state index in [0.717, 1.165) is 12.1 Å². The lowest BCUT2D eigenvalue weighted by Gasteiger charge is -2.13. The molecule has 5 heteroatoms. The van der Waals surface area contributed by atoms with Crippen LogP contribution in [0, 0.1) is 5.92 Å². The van der Waals surface area contributed by atoms with Crippen LogP contribution in [-0.2, 0) is 6.18 Å². The monoisotopic (exact) mass is 295 g/mol. The smallest absolute Gasteiger partial charge is 0.384 e. The van der Waals surface area contributed by atoms with Crippen LogP contribution in [0.1, 0.15) is 19.4 Å². The van der Waals surface area contributed by atoms with Crippen molar-refractivity contribution >= 4 is 21.6 Å². The number of alkyl halides is 3. The summed E-state index contributed by atoms with van der Waals surface area (Å²) in [6, 6.07) is 3.59. The largest absolute Gasteiger partial charge is 0.416 e. The molecule has 0 saturated carbocycles. The fourth-order valence-corrected chi connectivity index (χ4v) is 1.54. The average Bonchev–Trinajstić information content (AvgIpc) is 2.14. The van der Waals surface area contributed by atoms with Crippen molar-refractivity contribution in [1.29, 1.82) is 0 Å². The topological polar surface area (TPSA) is 12.0 Å². The maximum Gasteiger partial charge on any atom is 0.416 e. The van der Waals surface area contributed by atoms with Crippen molar-refractivity contribution < 1.29 is 13.2 Å². The summed E-state index contributed by atoms with van der Waals surface area (Å²) in [4.78, 5) is 0. The summed E-state index contributed by atoms with van der Waals surface area (Å²) >= 11 is 3.22. The number of hydrogen-bond donors (Lipinski definition) is 1. The Bertz CT molecular complexity index is 361. The van der Waals surface area contributed by atoms with E-state index in [1.54, 1.807) is 0 Å². The van der Waals surface area contributed by atoms with E-state index in [9.17, 15) is 13.2 Å². The molecular weight excluding hydrogens is 283 g/mol. The van der Waals surface area contributed by atoms with Gasteiger partial charge in [-0.2, -0.15) is 13.2 Å². The molecule has 0 spiro atoms. The second-order valence-electron chi connectivity index (χ2n) is 3.97. The number of hydrogen-bond acceptors (Lipinski definition) is 1. The predicted molar refractivity (Wildman–Crippen MR) is 62.5 cm³/mol. The van der Waals surface area contributed by atoms with Gasteiger partial charge in [-0.25, -0.2) is 0 Å². The van der Waals surface area contributed by atoms with Crippen LogP contribution in [0.15, 0.2) is 22.7 Å².